The number of halogens is 1. The summed E-state index contributed by atoms with van der Waals surface area (Å²) in [4.78, 5) is 14.6. The zero-order valence-electron chi connectivity index (χ0n) is 13.3. The Kier molecular flexibility index (Phi) is 4.82. The molecule has 0 unspecified atom stereocenters. The van der Waals surface area contributed by atoms with E-state index in [1.807, 2.05) is 37.8 Å². The number of rotatable bonds is 3. The van der Waals surface area contributed by atoms with Crippen LogP contribution in [0.2, 0.25) is 5.02 Å². The third-order valence-electron chi connectivity index (χ3n) is 3.91. The molecule has 0 N–H and O–H groups in total. The molecule has 1 heterocycles. The van der Waals surface area contributed by atoms with Gasteiger partial charge in [-0.2, -0.15) is 0 Å². The van der Waals surface area contributed by atoms with Gasteiger partial charge in [0, 0.05) is 13.1 Å². The van der Waals surface area contributed by atoms with Gasteiger partial charge in [0.15, 0.2) is 5.60 Å². The lowest BCUT2D eigenvalue weighted by Crippen LogP contribution is -2.51. The predicted octanol–water partition coefficient (Wildman–Crippen LogP) is 4.06. The van der Waals surface area contributed by atoms with Crippen molar-refractivity contribution in [3.63, 3.8) is 0 Å². The van der Waals surface area contributed by atoms with Crippen molar-refractivity contribution in [3.05, 3.63) is 28.8 Å². The Morgan fingerprint density at radius 1 is 1.43 bits per heavy atom. The summed E-state index contributed by atoms with van der Waals surface area (Å²) in [6, 6.07) is 5.60. The fourth-order valence-electron chi connectivity index (χ4n) is 2.76. The smallest absolute Gasteiger partial charge is 0.266 e. The zero-order chi connectivity index (χ0) is 15.6. The fraction of sp³-hybridized carbons (Fsp3) is 0.588. The van der Waals surface area contributed by atoms with Gasteiger partial charge in [-0.25, -0.2) is 0 Å². The van der Waals surface area contributed by atoms with Gasteiger partial charge < -0.3 is 9.64 Å². The number of aryl methyl sites for hydroxylation is 1. The summed E-state index contributed by atoms with van der Waals surface area (Å²) in [7, 11) is 0. The molecule has 0 radical (unpaired) electrons. The molecule has 0 bridgehead atoms. The maximum absolute atomic E-state index is 12.7. The Hall–Kier alpha value is -1.22. The minimum atomic E-state index is -0.908. The highest BCUT2D eigenvalue weighted by atomic mass is 35.5. The molecule has 1 aliphatic heterocycles. The molecule has 0 aromatic heterocycles. The van der Waals surface area contributed by atoms with Crippen LogP contribution in [0.3, 0.4) is 0 Å². The number of piperidine rings is 1. The number of carbonyl (C=O) groups excluding carboxylic acids is 1. The molecule has 116 valence electrons. The second-order valence-corrected chi connectivity index (χ2v) is 6.95. The first-order valence-corrected chi connectivity index (χ1v) is 7.92. The van der Waals surface area contributed by atoms with Gasteiger partial charge >= 0.3 is 0 Å². The molecule has 1 fully saturated rings. The third kappa shape index (κ3) is 3.91. The van der Waals surface area contributed by atoms with E-state index in [2.05, 4.69) is 6.92 Å². The molecular formula is C17H24ClNO2. The summed E-state index contributed by atoms with van der Waals surface area (Å²) in [5.74, 6) is 1.16. The van der Waals surface area contributed by atoms with Crippen LogP contribution in [-0.4, -0.2) is 29.5 Å². The van der Waals surface area contributed by atoms with Crippen LogP contribution in [-0.2, 0) is 4.79 Å². The summed E-state index contributed by atoms with van der Waals surface area (Å²) in [5, 5.41) is 0.536. The Morgan fingerprint density at radius 3 is 2.81 bits per heavy atom. The second-order valence-electron chi connectivity index (χ2n) is 6.54. The summed E-state index contributed by atoms with van der Waals surface area (Å²) in [5.41, 5.74) is 0.151. The molecular weight excluding hydrogens is 286 g/mol. The minimum Gasteiger partial charge on any atom is -0.476 e. The van der Waals surface area contributed by atoms with E-state index >= 15 is 0 Å². The van der Waals surface area contributed by atoms with Crippen LogP contribution in [0.5, 0.6) is 5.75 Å². The summed E-state index contributed by atoms with van der Waals surface area (Å²) >= 11 is 6.17. The zero-order valence-corrected chi connectivity index (χ0v) is 14.0. The Balaban J connectivity index is 2.13. The van der Waals surface area contributed by atoms with Gasteiger partial charge in [-0.1, -0.05) is 24.6 Å². The molecule has 1 aromatic carbocycles. The highest BCUT2D eigenvalue weighted by Crippen LogP contribution is 2.30. The van der Waals surface area contributed by atoms with Gasteiger partial charge in [0.1, 0.15) is 5.75 Å². The summed E-state index contributed by atoms with van der Waals surface area (Å²) in [6.07, 6.45) is 2.25. The van der Waals surface area contributed by atoms with Crippen LogP contribution in [0.4, 0.5) is 0 Å². The Morgan fingerprint density at radius 2 is 2.14 bits per heavy atom. The van der Waals surface area contributed by atoms with Gasteiger partial charge in [-0.05, 0) is 57.2 Å². The van der Waals surface area contributed by atoms with Crippen LogP contribution in [0.25, 0.3) is 0 Å². The molecule has 1 saturated heterocycles. The SMILES string of the molecule is Cc1ccc(Cl)c(OC(C)(C)C(=O)N2CCC[C@H](C)C2)c1. The number of benzene rings is 1. The number of nitrogens with zero attached hydrogens (tertiary/aromatic N) is 1. The first-order valence-electron chi connectivity index (χ1n) is 7.54. The van der Waals surface area contributed by atoms with Crippen molar-refractivity contribution >= 4 is 17.5 Å². The quantitative estimate of drug-likeness (QED) is 0.842. The van der Waals surface area contributed by atoms with E-state index in [-0.39, 0.29) is 5.91 Å². The topological polar surface area (TPSA) is 29.5 Å². The van der Waals surface area contributed by atoms with E-state index < -0.39 is 5.60 Å². The van der Waals surface area contributed by atoms with E-state index in [1.54, 1.807) is 6.07 Å². The van der Waals surface area contributed by atoms with Gasteiger partial charge in [-0.3, -0.25) is 4.79 Å². The Bertz CT molecular complexity index is 528. The number of carbonyl (C=O) groups is 1. The lowest BCUT2D eigenvalue weighted by molar-refractivity contribution is -0.147. The van der Waals surface area contributed by atoms with Crippen molar-refractivity contribution in [1.29, 1.82) is 0 Å². The molecule has 3 nitrogen and oxygen atoms in total. The van der Waals surface area contributed by atoms with Crippen molar-refractivity contribution in [3.8, 4) is 5.75 Å². The molecule has 4 heteroatoms. The summed E-state index contributed by atoms with van der Waals surface area (Å²) < 4.78 is 5.94. The van der Waals surface area contributed by atoms with Crippen LogP contribution in [0.1, 0.15) is 39.2 Å². The van der Waals surface area contributed by atoms with Crippen molar-refractivity contribution in [1.82, 2.24) is 4.90 Å². The molecule has 0 spiro atoms. The van der Waals surface area contributed by atoms with Crippen molar-refractivity contribution < 1.29 is 9.53 Å². The summed E-state index contributed by atoms with van der Waals surface area (Å²) in [6.45, 7) is 9.42. The number of amides is 1. The standard InChI is InChI=1S/C17H24ClNO2/c1-12-7-8-14(18)15(10-12)21-17(3,4)16(20)19-9-5-6-13(2)11-19/h7-8,10,13H,5-6,9,11H2,1-4H3/t13-/m0/s1. The molecule has 1 atom stereocenters. The van der Waals surface area contributed by atoms with Crippen molar-refractivity contribution in [2.24, 2.45) is 5.92 Å². The number of hydrogen-bond acceptors (Lipinski definition) is 2. The lowest BCUT2D eigenvalue weighted by Gasteiger charge is -2.36. The highest BCUT2D eigenvalue weighted by Gasteiger charge is 2.36. The number of likely N-dealkylation sites (tertiary alicyclic amines) is 1. The maximum Gasteiger partial charge on any atom is 0.266 e. The minimum absolute atomic E-state index is 0.0339. The van der Waals surface area contributed by atoms with Crippen LogP contribution in [0, 0.1) is 12.8 Å². The maximum atomic E-state index is 12.7. The molecule has 1 aliphatic rings. The van der Waals surface area contributed by atoms with Crippen molar-refractivity contribution in [2.45, 2.75) is 46.1 Å². The van der Waals surface area contributed by atoms with Crippen molar-refractivity contribution in [2.75, 3.05) is 13.1 Å². The van der Waals surface area contributed by atoms with Gasteiger partial charge in [0.05, 0.1) is 5.02 Å². The molecule has 1 amide bonds. The van der Waals surface area contributed by atoms with E-state index in [4.69, 9.17) is 16.3 Å². The molecule has 2 rings (SSSR count). The first-order chi connectivity index (χ1) is 9.79. The molecule has 1 aromatic rings. The molecule has 21 heavy (non-hydrogen) atoms. The van der Waals surface area contributed by atoms with Gasteiger partial charge in [0.2, 0.25) is 0 Å². The van der Waals surface area contributed by atoms with Gasteiger partial charge in [0.25, 0.3) is 5.91 Å². The van der Waals surface area contributed by atoms with Crippen LogP contribution < -0.4 is 4.74 Å². The first kappa shape index (κ1) is 16.2. The average molecular weight is 310 g/mol. The average Bonchev–Trinajstić information content (AvgIpc) is 2.42. The highest BCUT2D eigenvalue weighted by molar-refractivity contribution is 6.32. The van der Waals surface area contributed by atoms with E-state index in [0.29, 0.717) is 16.7 Å². The molecule has 0 aliphatic carbocycles. The number of ether oxygens (including phenoxy) is 1. The lowest BCUT2D eigenvalue weighted by atomic mass is 9.98. The van der Waals surface area contributed by atoms with Gasteiger partial charge in [-0.15, -0.1) is 0 Å². The monoisotopic (exact) mass is 309 g/mol. The van der Waals surface area contributed by atoms with Crippen LogP contribution in [0.15, 0.2) is 18.2 Å². The number of hydrogen-bond donors (Lipinski definition) is 0. The normalized spacial score (nSPS) is 19.5. The van der Waals surface area contributed by atoms with Crippen LogP contribution >= 0.6 is 11.6 Å². The Labute approximate surface area is 132 Å². The third-order valence-corrected chi connectivity index (χ3v) is 4.22. The predicted molar refractivity (Wildman–Crippen MR) is 85.9 cm³/mol. The second kappa shape index (κ2) is 6.27. The van der Waals surface area contributed by atoms with E-state index in [0.717, 1.165) is 25.1 Å². The van der Waals surface area contributed by atoms with E-state index in [9.17, 15) is 4.79 Å². The fourth-order valence-corrected chi connectivity index (χ4v) is 2.92. The molecule has 0 saturated carbocycles. The van der Waals surface area contributed by atoms with E-state index in [1.165, 1.54) is 6.42 Å². The largest absolute Gasteiger partial charge is 0.476 e.